The van der Waals surface area contributed by atoms with Crippen LogP contribution in [0, 0.1) is 5.92 Å². The molecule has 4 heteroatoms. The summed E-state index contributed by atoms with van der Waals surface area (Å²) in [6.45, 7) is 9.04. The molecule has 0 fully saturated rings. The van der Waals surface area contributed by atoms with Crippen molar-refractivity contribution in [2.45, 2.75) is 39.7 Å². The van der Waals surface area contributed by atoms with Crippen molar-refractivity contribution in [1.29, 1.82) is 0 Å². The zero-order chi connectivity index (χ0) is 13.4. The number of nitrogens with two attached hydrogens (primary N) is 1. The molecule has 0 spiro atoms. The number of hydrogen-bond donors (Lipinski definition) is 2. The number of carbonyl (C=O) groups excluding carboxylic acids is 1. The SMILES string of the molecule is CCC(C)CN(C)C.CNC(=O)C(C)(C)N. The Hall–Kier alpha value is -0.610. The lowest BCUT2D eigenvalue weighted by molar-refractivity contribution is -0.124. The third kappa shape index (κ3) is 11.5. The first-order chi connectivity index (χ1) is 7.15. The minimum atomic E-state index is -0.741. The van der Waals surface area contributed by atoms with Gasteiger partial charge in [-0.25, -0.2) is 0 Å². The molecular formula is C12H29N3O. The zero-order valence-corrected chi connectivity index (χ0v) is 11.9. The van der Waals surface area contributed by atoms with E-state index in [1.54, 1.807) is 20.9 Å². The largest absolute Gasteiger partial charge is 0.358 e. The average molecular weight is 231 g/mol. The van der Waals surface area contributed by atoms with Crippen molar-refractivity contribution in [2.24, 2.45) is 11.7 Å². The monoisotopic (exact) mass is 231 g/mol. The summed E-state index contributed by atoms with van der Waals surface area (Å²) < 4.78 is 0. The Kier molecular flexibility index (Phi) is 9.48. The van der Waals surface area contributed by atoms with E-state index in [-0.39, 0.29) is 5.91 Å². The number of nitrogens with one attached hydrogen (secondary N) is 1. The van der Waals surface area contributed by atoms with Crippen LogP contribution in [-0.4, -0.2) is 44.0 Å². The Morgan fingerprint density at radius 3 is 1.94 bits per heavy atom. The van der Waals surface area contributed by atoms with Crippen LogP contribution in [-0.2, 0) is 4.79 Å². The molecule has 0 aromatic rings. The smallest absolute Gasteiger partial charge is 0.239 e. The predicted molar refractivity (Wildman–Crippen MR) is 70.3 cm³/mol. The van der Waals surface area contributed by atoms with Gasteiger partial charge in [0.25, 0.3) is 0 Å². The summed E-state index contributed by atoms with van der Waals surface area (Å²) in [4.78, 5) is 12.8. The Morgan fingerprint density at radius 1 is 1.44 bits per heavy atom. The second-order valence-corrected chi connectivity index (χ2v) is 5.08. The van der Waals surface area contributed by atoms with Crippen LogP contribution in [0.25, 0.3) is 0 Å². The summed E-state index contributed by atoms with van der Waals surface area (Å²) in [5.41, 5.74) is 4.64. The highest BCUT2D eigenvalue weighted by molar-refractivity contribution is 5.84. The van der Waals surface area contributed by atoms with Gasteiger partial charge in [0.15, 0.2) is 0 Å². The van der Waals surface area contributed by atoms with Crippen LogP contribution in [0.2, 0.25) is 0 Å². The Balaban J connectivity index is 0. The topological polar surface area (TPSA) is 58.4 Å². The summed E-state index contributed by atoms with van der Waals surface area (Å²) in [6.07, 6.45) is 1.29. The van der Waals surface area contributed by atoms with E-state index in [9.17, 15) is 4.79 Å². The average Bonchev–Trinajstić information content (AvgIpc) is 2.15. The first kappa shape index (κ1) is 17.8. The highest BCUT2D eigenvalue weighted by atomic mass is 16.2. The summed E-state index contributed by atoms with van der Waals surface area (Å²) in [5.74, 6) is 0.711. The molecule has 0 saturated heterocycles. The van der Waals surface area contributed by atoms with Crippen molar-refractivity contribution in [3.63, 3.8) is 0 Å². The molecule has 0 aliphatic rings. The summed E-state index contributed by atoms with van der Waals surface area (Å²) in [5, 5.41) is 2.44. The van der Waals surface area contributed by atoms with Crippen LogP contribution in [0.4, 0.5) is 0 Å². The molecule has 4 nitrogen and oxygen atoms in total. The van der Waals surface area contributed by atoms with Gasteiger partial charge in [-0.3, -0.25) is 4.79 Å². The van der Waals surface area contributed by atoms with E-state index in [0.29, 0.717) is 0 Å². The van der Waals surface area contributed by atoms with Crippen molar-refractivity contribution >= 4 is 5.91 Å². The van der Waals surface area contributed by atoms with E-state index in [1.165, 1.54) is 13.0 Å². The van der Waals surface area contributed by atoms with Gasteiger partial charge >= 0.3 is 0 Å². The van der Waals surface area contributed by atoms with E-state index in [2.05, 4.69) is 38.2 Å². The summed E-state index contributed by atoms with van der Waals surface area (Å²) in [7, 11) is 5.80. The van der Waals surface area contributed by atoms with Gasteiger partial charge in [-0.15, -0.1) is 0 Å². The number of amides is 1. The number of carbonyl (C=O) groups is 1. The first-order valence-corrected chi connectivity index (χ1v) is 5.80. The molecule has 3 N–H and O–H groups in total. The second kappa shape index (κ2) is 8.53. The van der Waals surface area contributed by atoms with Crippen LogP contribution < -0.4 is 11.1 Å². The molecule has 0 aromatic heterocycles. The number of nitrogens with zero attached hydrogens (tertiary/aromatic N) is 1. The van der Waals surface area contributed by atoms with Gasteiger partial charge in [-0.1, -0.05) is 20.3 Å². The lowest BCUT2D eigenvalue weighted by atomic mass is 10.1. The molecular weight excluding hydrogens is 202 g/mol. The molecule has 0 bridgehead atoms. The van der Waals surface area contributed by atoms with Crippen molar-refractivity contribution in [3.05, 3.63) is 0 Å². The summed E-state index contributed by atoms with van der Waals surface area (Å²) >= 11 is 0. The summed E-state index contributed by atoms with van der Waals surface area (Å²) in [6, 6.07) is 0. The second-order valence-electron chi connectivity index (χ2n) is 5.08. The molecule has 1 atom stereocenters. The Bertz CT molecular complexity index is 185. The van der Waals surface area contributed by atoms with Gasteiger partial charge in [0, 0.05) is 13.6 Å². The first-order valence-electron chi connectivity index (χ1n) is 5.80. The lowest BCUT2D eigenvalue weighted by Gasteiger charge is -2.14. The standard InChI is InChI=1S/C7H17N.C5H12N2O/c1-5-7(2)6-8(3)4;1-5(2,6)4(8)7-3/h7H,5-6H2,1-4H3;6H2,1-3H3,(H,7,8). The van der Waals surface area contributed by atoms with Crippen molar-refractivity contribution in [2.75, 3.05) is 27.7 Å². The van der Waals surface area contributed by atoms with Crippen molar-refractivity contribution in [3.8, 4) is 0 Å². The van der Waals surface area contributed by atoms with Gasteiger partial charge in [0.05, 0.1) is 5.54 Å². The van der Waals surface area contributed by atoms with Crippen LogP contribution in [0.15, 0.2) is 0 Å². The molecule has 16 heavy (non-hydrogen) atoms. The fraction of sp³-hybridized carbons (Fsp3) is 0.917. The zero-order valence-electron chi connectivity index (χ0n) is 11.9. The fourth-order valence-corrected chi connectivity index (χ4v) is 1.07. The van der Waals surface area contributed by atoms with Gasteiger partial charge in [-0.05, 0) is 33.9 Å². The number of hydrogen-bond acceptors (Lipinski definition) is 3. The van der Waals surface area contributed by atoms with Crippen molar-refractivity contribution in [1.82, 2.24) is 10.2 Å². The Labute approximate surface area is 101 Å². The minimum absolute atomic E-state index is 0.141. The van der Waals surface area contributed by atoms with E-state index < -0.39 is 5.54 Å². The van der Waals surface area contributed by atoms with E-state index in [4.69, 9.17) is 5.73 Å². The highest BCUT2D eigenvalue weighted by Gasteiger charge is 2.19. The number of rotatable bonds is 4. The predicted octanol–water partition coefficient (Wildman–Crippen LogP) is 1.06. The molecule has 0 rings (SSSR count). The molecule has 98 valence electrons. The molecule has 1 amide bonds. The highest BCUT2D eigenvalue weighted by Crippen LogP contribution is 1.99. The van der Waals surface area contributed by atoms with Gasteiger partial charge < -0.3 is 16.0 Å². The maximum absolute atomic E-state index is 10.6. The van der Waals surface area contributed by atoms with E-state index >= 15 is 0 Å². The molecule has 1 unspecified atom stereocenters. The molecule has 0 aliphatic carbocycles. The minimum Gasteiger partial charge on any atom is -0.358 e. The van der Waals surface area contributed by atoms with Crippen LogP contribution in [0.5, 0.6) is 0 Å². The normalized spacial score (nSPS) is 12.8. The van der Waals surface area contributed by atoms with Gasteiger partial charge in [0.1, 0.15) is 0 Å². The number of likely N-dealkylation sites (N-methyl/N-ethyl adjacent to an activating group) is 1. The van der Waals surface area contributed by atoms with Crippen LogP contribution in [0.1, 0.15) is 34.1 Å². The van der Waals surface area contributed by atoms with Crippen LogP contribution in [0.3, 0.4) is 0 Å². The molecule has 0 radical (unpaired) electrons. The lowest BCUT2D eigenvalue weighted by Crippen LogP contribution is -2.47. The van der Waals surface area contributed by atoms with Gasteiger partial charge in [-0.2, -0.15) is 0 Å². The quantitative estimate of drug-likeness (QED) is 0.761. The van der Waals surface area contributed by atoms with Crippen molar-refractivity contribution < 1.29 is 4.79 Å². The maximum Gasteiger partial charge on any atom is 0.239 e. The Morgan fingerprint density at radius 2 is 1.88 bits per heavy atom. The van der Waals surface area contributed by atoms with Crippen LogP contribution >= 0.6 is 0 Å². The van der Waals surface area contributed by atoms with E-state index in [1.807, 2.05) is 0 Å². The third-order valence-corrected chi connectivity index (χ3v) is 2.19. The fourth-order valence-electron chi connectivity index (χ4n) is 1.07. The van der Waals surface area contributed by atoms with Gasteiger partial charge in [0.2, 0.25) is 5.91 Å². The third-order valence-electron chi connectivity index (χ3n) is 2.19. The maximum atomic E-state index is 10.6. The molecule has 0 saturated carbocycles. The molecule has 0 heterocycles. The molecule has 0 aliphatic heterocycles. The van der Waals surface area contributed by atoms with E-state index in [0.717, 1.165) is 5.92 Å². The molecule has 0 aromatic carbocycles.